The van der Waals surface area contributed by atoms with E-state index in [4.69, 9.17) is 23.8 Å². The van der Waals surface area contributed by atoms with Crippen molar-refractivity contribution in [2.24, 2.45) is 0 Å². The summed E-state index contributed by atoms with van der Waals surface area (Å²) in [7, 11) is 1.43. The third kappa shape index (κ3) is 25.6. The van der Waals surface area contributed by atoms with Crippen LogP contribution in [0.25, 0.3) is 0 Å². The molecule has 1 unspecified atom stereocenters. The predicted octanol–water partition coefficient (Wildman–Crippen LogP) is 6.19. The van der Waals surface area contributed by atoms with Gasteiger partial charge in [0.2, 0.25) is 0 Å². The standard InChI is InChI=1S/C22H48O8P2Se/c1-3-4-5-6-7-8-9-10-11-12-13-14-15-16-17-18-19-29-20-22(28-2)21-30-32(26,27)33-31(23,24)25/h22H,3-21H2,1-2H3,(H,26,27)(H2,23,24,25)/t22-/m1/s1. The molecule has 0 amide bonds. The molecule has 11 heteroatoms. The van der Waals surface area contributed by atoms with E-state index in [9.17, 15) is 14.0 Å². The Morgan fingerprint density at radius 2 is 1.12 bits per heavy atom. The van der Waals surface area contributed by atoms with E-state index in [0.717, 1.165) is 12.8 Å². The van der Waals surface area contributed by atoms with Gasteiger partial charge in [-0.25, -0.2) is 0 Å². The van der Waals surface area contributed by atoms with Crippen molar-refractivity contribution in [2.45, 2.75) is 116 Å². The molecule has 0 aromatic carbocycles. The van der Waals surface area contributed by atoms with Crippen LogP contribution in [-0.2, 0) is 23.1 Å². The summed E-state index contributed by atoms with van der Waals surface area (Å²) in [6, 6.07) is 0. The van der Waals surface area contributed by atoms with Crippen molar-refractivity contribution < 1.29 is 37.8 Å². The average molecular weight is 582 g/mol. The Kier molecular flexibility index (Phi) is 22.5. The van der Waals surface area contributed by atoms with E-state index in [-0.39, 0.29) is 13.2 Å². The Hall–Kier alpha value is 0.739. The molecule has 0 saturated heterocycles. The normalized spacial score (nSPS) is 14.9. The summed E-state index contributed by atoms with van der Waals surface area (Å²) in [6.45, 7) is 2.81. The van der Waals surface area contributed by atoms with Gasteiger partial charge in [-0.1, -0.05) is 77.6 Å². The first-order chi connectivity index (χ1) is 15.7. The molecule has 0 aliphatic carbocycles. The summed E-state index contributed by atoms with van der Waals surface area (Å²) in [6.07, 6.45) is 11.6. The molecule has 0 aromatic rings. The van der Waals surface area contributed by atoms with Crippen LogP contribution in [-0.4, -0.2) is 61.8 Å². The van der Waals surface area contributed by atoms with E-state index >= 15 is 0 Å². The van der Waals surface area contributed by atoms with Crippen molar-refractivity contribution >= 4 is 26.6 Å². The maximum absolute atomic E-state index is 11.7. The van der Waals surface area contributed by atoms with Gasteiger partial charge in [-0.3, -0.25) is 0 Å². The first kappa shape index (κ1) is 33.7. The first-order valence-electron chi connectivity index (χ1n) is 12.5. The van der Waals surface area contributed by atoms with Crippen molar-refractivity contribution in [1.82, 2.24) is 0 Å². The topological polar surface area (TPSA) is 123 Å². The molecule has 0 heterocycles. The van der Waals surface area contributed by atoms with Crippen LogP contribution in [0, 0.1) is 0 Å². The van der Waals surface area contributed by atoms with Crippen LogP contribution in [0.3, 0.4) is 0 Å². The molecule has 33 heavy (non-hydrogen) atoms. The first-order valence-corrected chi connectivity index (χ1v) is 20.2. The Morgan fingerprint density at radius 3 is 1.52 bits per heavy atom. The van der Waals surface area contributed by atoms with E-state index in [0.29, 0.717) is 6.61 Å². The number of hydrogen-bond acceptors (Lipinski definition) is 5. The van der Waals surface area contributed by atoms with E-state index in [1.807, 2.05) is 0 Å². The van der Waals surface area contributed by atoms with Gasteiger partial charge < -0.3 is 0 Å². The van der Waals surface area contributed by atoms with Crippen molar-refractivity contribution in [3.8, 4) is 0 Å². The molecule has 200 valence electrons. The zero-order chi connectivity index (χ0) is 24.8. The fourth-order valence-electron chi connectivity index (χ4n) is 3.49. The van der Waals surface area contributed by atoms with E-state index in [1.165, 1.54) is 97.0 Å². The van der Waals surface area contributed by atoms with Crippen LogP contribution < -0.4 is 0 Å². The van der Waals surface area contributed by atoms with Crippen LogP contribution in [0.15, 0.2) is 0 Å². The second-order valence-electron chi connectivity index (χ2n) is 8.57. The third-order valence-corrected chi connectivity index (χ3v) is 16.1. The van der Waals surface area contributed by atoms with Gasteiger partial charge in [0.1, 0.15) is 0 Å². The zero-order valence-electron chi connectivity index (χ0n) is 20.7. The summed E-state index contributed by atoms with van der Waals surface area (Å²) < 4.78 is 38.0. The number of methoxy groups -OCH3 is 1. The van der Waals surface area contributed by atoms with Crippen LogP contribution in [0.2, 0.25) is 0 Å². The van der Waals surface area contributed by atoms with Gasteiger partial charge in [0.05, 0.1) is 0 Å². The SMILES string of the molecule is CCCCCCCCCCCCCCCCCCOC[C@H](COP(=O)(O)[Se]P(=O)(O)O)OC. The Morgan fingerprint density at radius 1 is 0.697 bits per heavy atom. The molecule has 0 radical (unpaired) electrons. The number of hydrogen-bond donors (Lipinski definition) is 3. The van der Waals surface area contributed by atoms with Crippen molar-refractivity contribution in [1.29, 1.82) is 0 Å². The van der Waals surface area contributed by atoms with Crippen molar-refractivity contribution in [3.63, 3.8) is 0 Å². The van der Waals surface area contributed by atoms with E-state index in [1.54, 1.807) is 0 Å². The van der Waals surface area contributed by atoms with Gasteiger partial charge in [-0.15, -0.1) is 0 Å². The molecule has 0 bridgehead atoms. The second-order valence-corrected chi connectivity index (χ2v) is 20.4. The van der Waals surface area contributed by atoms with Gasteiger partial charge in [0.25, 0.3) is 0 Å². The Labute approximate surface area is 207 Å². The minimum absolute atomic E-state index is 0.206. The van der Waals surface area contributed by atoms with Gasteiger partial charge in [0.15, 0.2) is 0 Å². The predicted molar refractivity (Wildman–Crippen MR) is 135 cm³/mol. The summed E-state index contributed by atoms with van der Waals surface area (Å²) in [5.41, 5.74) is 0. The molecule has 3 N–H and O–H groups in total. The van der Waals surface area contributed by atoms with Gasteiger partial charge in [-0.2, -0.15) is 0 Å². The maximum atomic E-state index is 11.7. The number of ether oxygens (including phenoxy) is 2. The van der Waals surface area contributed by atoms with Crippen molar-refractivity contribution in [2.75, 3.05) is 26.9 Å². The number of rotatable bonds is 25. The fourth-order valence-corrected chi connectivity index (χ4v) is 11.5. The Balaban J connectivity index is 3.45. The van der Waals surface area contributed by atoms with Crippen LogP contribution >= 0.6 is 12.6 Å². The molecule has 2 atom stereocenters. The van der Waals surface area contributed by atoms with Gasteiger partial charge in [0, 0.05) is 0 Å². The van der Waals surface area contributed by atoms with Crippen LogP contribution in [0.5, 0.6) is 0 Å². The minimum atomic E-state index is -4.56. The molecular weight excluding hydrogens is 533 g/mol. The molecule has 0 saturated carbocycles. The summed E-state index contributed by atoms with van der Waals surface area (Å²) in [5, 5.41) is 0. The quantitative estimate of drug-likeness (QED) is 0.0663. The number of unbranched alkanes of at least 4 members (excludes halogenated alkanes) is 15. The second kappa shape index (κ2) is 22.0. The van der Waals surface area contributed by atoms with Gasteiger partial charge >= 0.3 is 130 Å². The molecule has 0 rings (SSSR count). The van der Waals surface area contributed by atoms with Crippen LogP contribution in [0.1, 0.15) is 110 Å². The molecule has 0 spiro atoms. The molecule has 8 nitrogen and oxygen atoms in total. The molecule has 0 fully saturated rings. The van der Waals surface area contributed by atoms with Crippen molar-refractivity contribution in [3.05, 3.63) is 0 Å². The fraction of sp³-hybridized carbons (Fsp3) is 1.00. The molecule has 0 aliphatic heterocycles. The van der Waals surface area contributed by atoms with E-state index in [2.05, 4.69) is 6.92 Å². The molecular formula is C22H48O8P2Se. The molecule has 0 aromatic heterocycles. The summed E-state index contributed by atoms with van der Waals surface area (Å²) >= 11 is -1.81. The van der Waals surface area contributed by atoms with Gasteiger partial charge in [-0.05, 0) is 0 Å². The van der Waals surface area contributed by atoms with Crippen LogP contribution in [0.4, 0.5) is 0 Å². The monoisotopic (exact) mass is 582 g/mol. The summed E-state index contributed by atoms with van der Waals surface area (Å²) in [4.78, 5) is 27.1. The average Bonchev–Trinajstić information content (AvgIpc) is 2.73. The van der Waals surface area contributed by atoms with E-state index < -0.39 is 32.7 Å². The molecule has 0 aliphatic rings. The summed E-state index contributed by atoms with van der Waals surface area (Å²) in [5.74, 6) is 0. The third-order valence-electron chi connectivity index (χ3n) is 5.41. The zero-order valence-corrected chi connectivity index (χ0v) is 24.2. The Bertz CT molecular complexity index is 533.